The molecule has 1 aliphatic carbocycles. The molecule has 84 valence electrons. The number of aryl methyl sites for hydroxylation is 2. The molecule has 1 aromatic heterocycles. The first-order valence-electron chi connectivity index (χ1n) is 6.14. The third kappa shape index (κ3) is 2.04. The predicted molar refractivity (Wildman–Crippen MR) is 64.7 cm³/mol. The van der Waals surface area contributed by atoms with Crippen molar-refractivity contribution in [1.82, 2.24) is 4.68 Å². The number of aromatic nitrogens is 1. The van der Waals surface area contributed by atoms with Crippen LogP contribution in [0.2, 0.25) is 0 Å². The minimum absolute atomic E-state index is 0.680. The van der Waals surface area contributed by atoms with E-state index in [1.165, 1.54) is 37.1 Å². The maximum atomic E-state index is 3.68. The normalized spacial score (nSPS) is 25.8. The maximum absolute atomic E-state index is 3.68. The molecule has 15 heavy (non-hydrogen) atoms. The van der Waals surface area contributed by atoms with E-state index in [4.69, 9.17) is 0 Å². The van der Waals surface area contributed by atoms with E-state index in [1.54, 1.807) is 0 Å². The van der Waals surface area contributed by atoms with Crippen molar-refractivity contribution in [3.63, 3.8) is 0 Å². The molecule has 1 N–H and O–H groups in total. The second kappa shape index (κ2) is 4.30. The fourth-order valence-electron chi connectivity index (χ4n) is 2.73. The quantitative estimate of drug-likeness (QED) is 0.803. The molecule has 0 radical (unpaired) electrons. The summed E-state index contributed by atoms with van der Waals surface area (Å²) in [6.07, 6.45) is 5.41. The van der Waals surface area contributed by atoms with E-state index in [-0.39, 0.29) is 0 Å². The number of nitrogens with one attached hydrogen (secondary N) is 1. The molecule has 2 heteroatoms. The van der Waals surface area contributed by atoms with Gasteiger partial charge in [-0.1, -0.05) is 19.8 Å². The lowest BCUT2D eigenvalue weighted by molar-refractivity contribution is 0.459. The SMILES string of the molecule is CCC1CCCC1Nn1c(C)ccc1C. The van der Waals surface area contributed by atoms with Gasteiger partial charge in [0.25, 0.3) is 0 Å². The summed E-state index contributed by atoms with van der Waals surface area (Å²) in [6, 6.07) is 5.04. The van der Waals surface area contributed by atoms with Crippen LogP contribution in [0.5, 0.6) is 0 Å². The van der Waals surface area contributed by atoms with Gasteiger partial charge in [0, 0.05) is 17.4 Å². The molecule has 2 atom stereocenters. The monoisotopic (exact) mass is 206 g/mol. The van der Waals surface area contributed by atoms with Crippen LogP contribution in [0.3, 0.4) is 0 Å². The standard InChI is InChI=1S/C13H22N2/c1-4-12-6-5-7-13(12)14-15-10(2)8-9-11(15)3/h8-9,12-14H,4-7H2,1-3H3. The topological polar surface area (TPSA) is 17.0 Å². The molecule has 1 aliphatic rings. The van der Waals surface area contributed by atoms with Crippen molar-refractivity contribution in [1.29, 1.82) is 0 Å². The molecule has 1 fully saturated rings. The molecule has 0 spiro atoms. The second-order valence-electron chi connectivity index (χ2n) is 4.79. The Bertz CT molecular complexity index is 308. The van der Waals surface area contributed by atoms with E-state index in [0.29, 0.717) is 6.04 Å². The average Bonchev–Trinajstić information content (AvgIpc) is 2.79. The summed E-state index contributed by atoms with van der Waals surface area (Å²) < 4.78 is 2.25. The molecule has 2 nitrogen and oxygen atoms in total. The summed E-state index contributed by atoms with van der Waals surface area (Å²) >= 11 is 0. The van der Waals surface area contributed by atoms with Crippen molar-refractivity contribution < 1.29 is 0 Å². The molecule has 2 rings (SSSR count). The van der Waals surface area contributed by atoms with Gasteiger partial charge in [-0.05, 0) is 44.7 Å². The second-order valence-corrected chi connectivity index (χ2v) is 4.79. The molecule has 0 bridgehead atoms. The summed E-state index contributed by atoms with van der Waals surface area (Å²) in [4.78, 5) is 0. The van der Waals surface area contributed by atoms with Gasteiger partial charge in [-0.15, -0.1) is 0 Å². The lowest BCUT2D eigenvalue weighted by Gasteiger charge is -2.23. The van der Waals surface area contributed by atoms with E-state index in [9.17, 15) is 0 Å². The molecular weight excluding hydrogens is 184 g/mol. The Hall–Kier alpha value is -0.920. The van der Waals surface area contributed by atoms with Crippen LogP contribution < -0.4 is 5.43 Å². The minimum Gasteiger partial charge on any atom is -0.323 e. The molecular formula is C13H22N2. The van der Waals surface area contributed by atoms with Crippen molar-refractivity contribution in [2.45, 2.75) is 52.5 Å². The fourth-order valence-corrected chi connectivity index (χ4v) is 2.73. The van der Waals surface area contributed by atoms with Crippen LogP contribution in [-0.2, 0) is 0 Å². The fraction of sp³-hybridized carbons (Fsp3) is 0.692. The lowest BCUT2D eigenvalue weighted by Crippen LogP contribution is -2.32. The molecule has 0 saturated heterocycles. The third-order valence-electron chi connectivity index (χ3n) is 3.75. The summed E-state index contributed by atoms with van der Waals surface area (Å²) in [5.41, 5.74) is 6.30. The number of nitrogens with zero attached hydrogens (tertiary/aromatic N) is 1. The van der Waals surface area contributed by atoms with Gasteiger partial charge in [-0.3, -0.25) is 4.68 Å². The molecule has 0 amide bonds. The molecule has 1 heterocycles. The highest BCUT2D eigenvalue weighted by molar-refractivity contribution is 5.16. The van der Waals surface area contributed by atoms with Crippen molar-refractivity contribution in [3.8, 4) is 0 Å². The Morgan fingerprint density at radius 3 is 2.53 bits per heavy atom. The molecule has 0 aliphatic heterocycles. The van der Waals surface area contributed by atoms with E-state index in [2.05, 4.69) is 43.0 Å². The highest BCUT2D eigenvalue weighted by atomic mass is 15.4. The van der Waals surface area contributed by atoms with Crippen LogP contribution >= 0.6 is 0 Å². The molecule has 1 saturated carbocycles. The number of hydrogen-bond acceptors (Lipinski definition) is 1. The van der Waals surface area contributed by atoms with Crippen molar-refractivity contribution in [3.05, 3.63) is 23.5 Å². The average molecular weight is 206 g/mol. The Morgan fingerprint density at radius 2 is 1.93 bits per heavy atom. The highest BCUT2D eigenvalue weighted by Gasteiger charge is 2.26. The zero-order chi connectivity index (χ0) is 10.8. The van der Waals surface area contributed by atoms with E-state index < -0.39 is 0 Å². The van der Waals surface area contributed by atoms with Crippen LogP contribution in [-0.4, -0.2) is 10.7 Å². The Labute approximate surface area is 92.6 Å². The first-order chi connectivity index (χ1) is 7.22. The van der Waals surface area contributed by atoms with Crippen LogP contribution in [0.1, 0.15) is 44.0 Å². The summed E-state index contributed by atoms with van der Waals surface area (Å²) in [5, 5.41) is 0. The highest BCUT2D eigenvalue weighted by Crippen LogP contribution is 2.29. The molecule has 1 aromatic rings. The summed E-state index contributed by atoms with van der Waals surface area (Å²) in [6.45, 7) is 6.63. The van der Waals surface area contributed by atoms with Crippen LogP contribution in [0.25, 0.3) is 0 Å². The van der Waals surface area contributed by atoms with Crippen molar-refractivity contribution in [2.75, 3.05) is 5.43 Å². The van der Waals surface area contributed by atoms with Gasteiger partial charge >= 0.3 is 0 Å². The smallest absolute Gasteiger partial charge is 0.0452 e. The van der Waals surface area contributed by atoms with Crippen molar-refractivity contribution >= 4 is 0 Å². The Morgan fingerprint density at radius 1 is 1.27 bits per heavy atom. The van der Waals surface area contributed by atoms with E-state index >= 15 is 0 Å². The van der Waals surface area contributed by atoms with Crippen molar-refractivity contribution in [2.24, 2.45) is 5.92 Å². The van der Waals surface area contributed by atoms with E-state index in [0.717, 1.165) is 5.92 Å². The maximum Gasteiger partial charge on any atom is 0.0452 e. The van der Waals surface area contributed by atoms with Gasteiger partial charge < -0.3 is 5.43 Å². The minimum atomic E-state index is 0.680. The van der Waals surface area contributed by atoms with Crippen LogP contribution in [0.15, 0.2) is 12.1 Å². The van der Waals surface area contributed by atoms with Gasteiger partial charge in [0.2, 0.25) is 0 Å². The molecule has 2 unspecified atom stereocenters. The lowest BCUT2D eigenvalue weighted by atomic mass is 10.0. The van der Waals surface area contributed by atoms with Crippen LogP contribution in [0.4, 0.5) is 0 Å². The summed E-state index contributed by atoms with van der Waals surface area (Å²) in [5.74, 6) is 0.867. The third-order valence-corrected chi connectivity index (χ3v) is 3.75. The largest absolute Gasteiger partial charge is 0.323 e. The Balaban J connectivity index is 2.08. The predicted octanol–water partition coefficient (Wildman–Crippen LogP) is 3.23. The number of rotatable bonds is 3. The van der Waals surface area contributed by atoms with Gasteiger partial charge in [0.1, 0.15) is 0 Å². The van der Waals surface area contributed by atoms with Gasteiger partial charge in [-0.25, -0.2) is 0 Å². The zero-order valence-electron chi connectivity index (χ0n) is 10.1. The first-order valence-corrected chi connectivity index (χ1v) is 6.14. The first kappa shape index (κ1) is 10.6. The van der Waals surface area contributed by atoms with Gasteiger partial charge in [0.15, 0.2) is 0 Å². The van der Waals surface area contributed by atoms with Gasteiger partial charge in [-0.2, -0.15) is 0 Å². The number of hydrogen-bond donors (Lipinski definition) is 1. The zero-order valence-corrected chi connectivity index (χ0v) is 10.1. The summed E-state index contributed by atoms with van der Waals surface area (Å²) in [7, 11) is 0. The van der Waals surface area contributed by atoms with E-state index in [1.807, 2.05) is 0 Å². The van der Waals surface area contributed by atoms with Gasteiger partial charge in [0.05, 0.1) is 0 Å². The molecule has 0 aromatic carbocycles. The Kier molecular flexibility index (Phi) is 3.03. The van der Waals surface area contributed by atoms with Crippen LogP contribution in [0, 0.1) is 19.8 Å².